The van der Waals surface area contributed by atoms with E-state index in [0.29, 0.717) is 27.3 Å². The summed E-state index contributed by atoms with van der Waals surface area (Å²) in [4.78, 5) is 0. The number of anilines is 1. The van der Waals surface area contributed by atoms with Crippen LogP contribution in [0.1, 0.15) is 11.5 Å². The van der Waals surface area contributed by atoms with Gasteiger partial charge < -0.3 is 9.73 Å². The highest BCUT2D eigenvalue weighted by Gasteiger charge is 2.08. The lowest BCUT2D eigenvalue weighted by Gasteiger charge is -2.09. The third-order valence-corrected chi connectivity index (χ3v) is 3.06. The minimum absolute atomic E-state index is 0.491. The first-order chi connectivity index (χ1) is 8.06. The molecule has 0 aliphatic carbocycles. The number of hydrogen-bond acceptors (Lipinski definition) is 2. The summed E-state index contributed by atoms with van der Waals surface area (Å²) in [6, 6.07) is 7.09. The lowest BCUT2D eigenvalue weighted by Crippen LogP contribution is -1.99. The van der Waals surface area contributed by atoms with Gasteiger partial charge >= 0.3 is 0 Å². The maximum absolute atomic E-state index is 6.04. The second kappa shape index (κ2) is 5.21. The Morgan fingerprint density at radius 1 is 1.12 bits per heavy atom. The van der Waals surface area contributed by atoms with E-state index in [-0.39, 0.29) is 0 Å². The standard InChI is InChI=1S/C12H10Cl3NO/c1-7-2-3-9(17-7)6-16-12-10(14)4-8(13)5-11(12)15/h2-5,16H,6H2,1H3. The van der Waals surface area contributed by atoms with E-state index < -0.39 is 0 Å². The number of nitrogens with one attached hydrogen (secondary N) is 1. The molecule has 0 aliphatic rings. The molecule has 0 saturated heterocycles. The lowest BCUT2D eigenvalue weighted by molar-refractivity contribution is 0.490. The Hall–Kier alpha value is -0.830. The van der Waals surface area contributed by atoms with E-state index in [9.17, 15) is 0 Å². The van der Waals surface area contributed by atoms with Gasteiger partial charge in [-0.25, -0.2) is 0 Å². The summed E-state index contributed by atoms with van der Waals surface area (Å²) in [5.74, 6) is 1.69. The van der Waals surface area contributed by atoms with Gasteiger partial charge in [-0.3, -0.25) is 0 Å². The van der Waals surface area contributed by atoms with E-state index in [1.54, 1.807) is 12.1 Å². The normalized spacial score (nSPS) is 10.6. The van der Waals surface area contributed by atoms with Crippen LogP contribution in [0.15, 0.2) is 28.7 Å². The number of halogens is 3. The molecule has 0 aliphatic heterocycles. The number of benzene rings is 1. The van der Waals surface area contributed by atoms with Gasteiger partial charge in [0.25, 0.3) is 0 Å². The van der Waals surface area contributed by atoms with Gasteiger partial charge in [0.2, 0.25) is 0 Å². The quantitative estimate of drug-likeness (QED) is 0.844. The van der Waals surface area contributed by atoms with Gasteiger partial charge in [0, 0.05) is 5.02 Å². The Balaban J connectivity index is 2.14. The molecule has 1 aromatic heterocycles. The second-order valence-electron chi connectivity index (χ2n) is 3.61. The van der Waals surface area contributed by atoms with Gasteiger partial charge in [-0.05, 0) is 31.2 Å². The topological polar surface area (TPSA) is 25.2 Å². The van der Waals surface area contributed by atoms with Crippen molar-refractivity contribution in [2.75, 3.05) is 5.32 Å². The molecule has 0 atom stereocenters. The summed E-state index contributed by atoms with van der Waals surface area (Å²) in [6.07, 6.45) is 0. The van der Waals surface area contributed by atoms with Crippen molar-refractivity contribution in [3.63, 3.8) is 0 Å². The minimum Gasteiger partial charge on any atom is -0.465 e. The van der Waals surface area contributed by atoms with Crippen molar-refractivity contribution >= 4 is 40.5 Å². The first-order valence-corrected chi connectivity index (χ1v) is 6.13. The summed E-state index contributed by atoms with van der Waals surface area (Å²) in [6.45, 7) is 2.42. The molecule has 1 heterocycles. The second-order valence-corrected chi connectivity index (χ2v) is 4.86. The number of rotatable bonds is 3. The SMILES string of the molecule is Cc1ccc(CNc2c(Cl)cc(Cl)cc2Cl)o1. The van der Waals surface area contributed by atoms with Crippen molar-refractivity contribution in [2.24, 2.45) is 0 Å². The third kappa shape index (κ3) is 3.09. The molecular formula is C12H10Cl3NO. The molecule has 0 radical (unpaired) electrons. The summed E-state index contributed by atoms with van der Waals surface area (Å²) >= 11 is 17.9. The Bertz CT molecular complexity index is 513. The molecule has 1 N–H and O–H groups in total. The zero-order valence-corrected chi connectivity index (χ0v) is 11.3. The molecule has 0 fully saturated rings. The Morgan fingerprint density at radius 3 is 2.29 bits per heavy atom. The van der Waals surface area contributed by atoms with Crippen LogP contribution >= 0.6 is 34.8 Å². The van der Waals surface area contributed by atoms with Crippen molar-refractivity contribution in [1.82, 2.24) is 0 Å². The molecule has 0 saturated carbocycles. The average Bonchev–Trinajstić information content (AvgIpc) is 2.62. The monoisotopic (exact) mass is 289 g/mol. The number of furan rings is 1. The summed E-state index contributed by atoms with van der Waals surface area (Å²) in [7, 11) is 0. The molecule has 2 aromatic rings. The van der Waals surface area contributed by atoms with Crippen molar-refractivity contribution in [3.05, 3.63) is 50.9 Å². The molecule has 5 heteroatoms. The maximum Gasteiger partial charge on any atom is 0.123 e. The van der Waals surface area contributed by atoms with Gasteiger partial charge in [-0.15, -0.1) is 0 Å². The highest BCUT2D eigenvalue weighted by atomic mass is 35.5. The third-order valence-electron chi connectivity index (χ3n) is 2.24. The number of hydrogen-bond donors (Lipinski definition) is 1. The predicted octanol–water partition coefficient (Wildman–Crippen LogP) is 5.16. The molecular weight excluding hydrogens is 280 g/mol. The van der Waals surface area contributed by atoms with Crippen molar-refractivity contribution in [2.45, 2.75) is 13.5 Å². The fourth-order valence-electron chi connectivity index (χ4n) is 1.47. The summed E-state index contributed by atoms with van der Waals surface area (Å²) in [5.41, 5.74) is 0.659. The molecule has 2 rings (SSSR count). The van der Waals surface area contributed by atoms with Crippen LogP contribution in [0.25, 0.3) is 0 Å². The van der Waals surface area contributed by atoms with Crippen LogP contribution in [-0.4, -0.2) is 0 Å². The van der Waals surface area contributed by atoms with Crippen LogP contribution in [0.3, 0.4) is 0 Å². The van der Waals surface area contributed by atoms with E-state index in [4.69, 9.17) is 39.2 Å². The van der Waals surface area contributed by atoms with Gasteiger partial charge in [-0.2, -0.15) is 0 Å². The zero-order valence-electron chi connectivity index (χ0n) is 9.06. The Morgan fingerprint density at radius 2 is 1.76 bits per heavy atom. The number of aryl methyl sites for hydroxylation is 1. The van der Waals surface area contributed by atoms with Crippen molar-refractivity contribution < 1.29 is 4.42 Å². The summed E-state index contributed by atoms with van der Waals surface area (Å²) in [5, 5.41) is 4.62. The molecule has 2 nitrogen and oxygen atoms in total. The highest BCUT2D eigenvalue weighted by molar-refractivity contribution is 6.41. The summed E-state index contributed by atoms with van der Waals surface area (Å²) < 4.78 is 5.43. The first kappa shape index (κ1) is 12.6. The minimum atomic E-state index is 0.491. The van der Waals surface area contributed by atoms with Gasteiger partial charge in [0.05, 0.1) is 22.3 Å². The molecule has 0 amide bonds. The predicted molar refractivity (Wildman–Crippen MR) is 72.2 cm³/mol. The van der Waals surface area contributed by atoms with Crippen LogP contribution in [0.5, 0.6) is 0 Å². The van der Waals surface area contributed by atoms with E-state index in [0.717, 1.165) is 11.5 Å². The fraction of sp³-hybridized carbons (Fsp3) is 0.167. The molecule has 0 unspecified atom stereocenters. The van der Waals surface area contributed by atoms with Crippen molar-refractivity contribution in [3.8, 4) is 0 Å². The zero-order chi connectivity index (χ0) is 12.4. The van der Waals surface area contributed by atoms with Crippen LogP contribution in [-0.2, 0) is 6.54 Å². The van der Waals surface area contributed by atoms with Gasteiger partial charge in [0.15, 0.2) is 0 Å². The average molecular weight is 291 g/mol. The van der Waals surface area contributed by atoms with E-state index in [1.807, 2.05) is 19.1 Å². The van der Waals surface area contributed by atoms with Crippen LogP contribution in [0.4, 0.5) is 5.69 Å². The van der Waals surface area contributed by atoms with Crippen molar-refractivity contribution in [1.29, 1.82) is 0 Å². The van der Waals surface area contributed by atoms with E-state index >= 15 is 0 Å². The van der Waals surface area contributed by atoms with E-state index in [1.165, 1.54) is 0 Å². The van der Waals surface area contributed by atoms with E-state index in [2.05, 4.69) is 5.32 Å². The lowest BCUT2D eigenvalue weighted by atomic mass is 10.3. The van der Waals surface area contributed by atoms with Gasteiger partial charge in [0.1, 0.15) is 11.5 Å². The fourth-order valence-corrected chi connectivity index (χ4v) is 2.42. The maximum atomic E-state index is 6.04. The molecule has 0 spiro atoms. The van der Waals surface area contributed by atoms with Crippen LogP contribution in [0.2, 0.25) is 15.1 Å². The van der Waals surface area contributed by atoms with Crippen LogP contribution < -0.4 is 5.32 Å². The Labute approximate surface area is 114 Å². The highest BCUT2D eigenvalue weighted by Crippen LogP contribution is 2.33. The molecule has 0 bridgehead atoms. The largest absolute Gasteiger partial charge is 0.465 e. The van der Waals surface area contributed by atoms with Crippen LogP contribution in [0, 0.1) is 6.92 Å². The molecule has 1 aromatic carbocycles. The van der Waals surface area contributed by atoms with Gasteiger partial charge in [-0.1, -0.05) is 34.8 Å². The first-order valence-electron chi connectivity index (χ1n) is 5.00. The molecule has 17 heavy (non-hydrogen) atoms. The molecule has 90 valence electrons. The smallest absolute Gasteiger partial charge is 0.123 e. The Kier molecular flexibility index (Phi) is 3.87.